The second-order valence-corrected chi connectivity index (χ2v) is 12.1. The fourth-order valence-corrected chi connectivity index (χ4v) is 7.68. The minimum atomic E-state index is -4.05. The average Bonchev–Trinajstić information content (AvgIpc) is 2.85. The smallest absolute Gasteiger partial charge is 0.246 e. The van der Waals surface area contributed by atoms with E-state index in [9.17, 15) is 16.8 Å². The van der Waals surface area contributed by atoms with E-state index < -0.39 is 26.1 Å². The summed E-state index contributed by atoms with van der Waals surface area (Å²) < 4.78 is 56.3. The van der Waals surface area contributed by atoms with Crippen molar-refractivity contribution in [2.75, 3.05) is 17.4 Å². The Bertz CT molecular complexity index is 1340. The summed E-state index contributed by atoms with van der Waals surface area (Å²) in [6.07, 6.45) is 4.19. The third kappa shape index (κ3) is 4.81. The first-order valence-corrected chi connectivity index (χ1v) is 14.1. The molecule has 2 aromatic carbocycles. The lowest BCUT2D eigenvalue weighted by Gasteiger charge is -2.37. The van der Waals surface area contributed by atoms with E-state index in [1.54, 1.807) is 24.3 Å². The number of hydrogen-bond donors (Lipinski definition) is 0. The molecule has 1 aliphatic heterocycles. The predicted molar refractivity (Wildman–Crippen MR) is 131 cm³/mol. The molecule has 0 aliphatic carbocycles. The van der Waals surface area contributed by atoms with Crippen molar-refractivity contribution in [1.29, 1.82) is 0 Å². The van der Waals surface area contributed by atoms with Crippen LogP contribution < -0.4 is 4.31 Å². The molecule has 180 valence electrons. The Morgan fingerprint density at radius 3 is 2.26 bits per heavy atom. The van der Waals surface area contributed by atoms with Crippen LogP contribution in [-0.4, -0.2) is 50.2 Å². The average molecular weight is 521 g/mol. The van der Waals surface area contributed by atoms with Gasteiger partial charge in [-0.3, -0.25) is 0 Å². The molecule has 1 aromatic heterocycles. The Hall–Kier alpha value is -2.53. The van der Waals surface area contributed by atoms with Crippen LogP contribution in [0.5, 0.6) is 0 Å². The monoisotopic (exact) mass is 520 g/mol. The number of anilines is 1. The van der Waals surface area contributed by atoms with Crippen LogP contribution in [0, 0.1) is 0 Å². The van der Waals surface area contributed by atoms with Crippen molar-refractivity contribution >= 4 is 37.5 Å². The Morgan fingerprint density at radius 2 is 1.68 bits per heavy atom. The van der Waals surface area contributed by atoms with Gasteiger partial charge in [0.1, 0.15) is 17.0 Å². The highest BCUT2D eigenvalue weighted by Crippen LogP contribution is 2.33. The summed E-state index contributed by atoms with van der Waals surface area (Å²) in [5.41, 5.74) is 1.06. The van der Waals surface area contributed by atoms with Crippen molar-refractivity contribution in [2.45, 2.75) is 42.0 Å². The van der Waals surface area contributed by atoms with Gasteiger partial charge in [-0.15, -0.1) is 0 Å². The van der Waals surface area contributed by atoms with Gasteiger partial charge in [0.25, 0.3) is 10.0 Å². The summed E-state index contributed by atoms with van der Waals surface area (Å²) in [4.78, 5) is 8.27. The van der Waals surface area contributed by atoms with Gasteiger partial charge < -0.3 is 0 Å². The Labute approximate surface area is 205 Å². The van der Waals surface area contributed by atoms with Crippen LogP contribution >= 0.6 is 11.6 Å². The molecule has 11 heteroatoms. The van der Waals surface area contributed by atoms with Crippen molar-refractivity contribution in [3.8, 4) is 0 Å². The molecule has 0 spiro atoms. The molecule has 0 saturated carbocycles. The number of rotatable bonds is 7. The summed E-state index contributed by atoms with van der Waals surface area (Å²) in [6.45, 7) is 2.37. The molecule has 0 radical (unpaired) electrons. The molecule has 1 aliphatic rings. The highest BCUT2D eigenvalue weighted by molar-refractivity contribution is 7.93. The van der Waals surface area contributed by atoms with Gasteiger partial charge in [-0.25, -0.2) is 31.1 Å². The zero-order valence-electron chi connectivity index (χ0n) is 18.6. The van der Waals surface area contributed by atoms with Gasteiger partial charge in [-0.05, 0) is 49.1 Å². The number of aryl methyl sites for hydroxylation is 1. The van der Waals surface area contributed by atoms with Crippen molar-refractivity contribution in [1.82, 2.24) is 14.3 Å². The van der Waals surface area contributed by atoms with Gasteiger partial charge in [0.15, 0.2) is 0 Å². The molecule has 0 unspecified atom stereocenters. The van der Waals surface area contributed by atoms with E-state index in [4.69, 9.17) is 11.6 Å². The van der Waals surface area contributed by atoms with Crippen LogP contribution in [0.2, 0.25) is 5.02 Å². The fourth-order valence-electron chi connectivity index (χ4n) is 4.04. The number of halogens is 1. The normalized spacial score (nSPS) is 15.8. The molecule has 0 bridgehead atoms. The highest BCUT2D eigenvalue weighted by Gasteiger charge is 2.38. The number of nitrogens with zero attached hydrogens (tertiary/aromatic N) is 4. The SMILES string of the molecule is CCc1ccc(S(=O)(=O)N2CCC(N(c3ccncn3)S(=O)(=O)c3ccccc3Cl)CC2)cc1. The molecule has 1 saturated heterocycles. The van der Waals surface area contributed by atoms with E-state index in [1.807, 2.05) is 19.1 Å². The second-order valence-electron chi connectivity index (χ2n) is 7.93. The van der Waals surface area contributed by atoms with Crippen LogP contribution in [0.1, 0.15) is 25.3 Å². The van der Waals surface area contributed by atoms with E-state index in [0.29, 0.717) is 12.8 Å². The van der Waals surface area contributed by atoms with Crippen LogP contribution in [0.4, 0.5) is 5.82 Å². The zero-order chi connectivity index (χ0) is 24.3. The van der Waals surface area contributed by atoms with Crippen molar-refractivity contribution in [3.05, 3.63) is 77.7 Å². The summed E-state index contributed by atoms with van der Waals surface area (Å²) in [5, 5.41) is 0.108. The Balaban J connectivity index is 1.61. The maximum Gasteiger partial charge on any atom is 0.267 e. The largest absolute Gasteiger partial charge is 0.267 e. The Morgan fingerprint density at radius 1 is 1.00 bits per heavy atom. The van der Waals surface area contributed by atoms with E-state index in [-0.39, 0.29) is 33.7 Å². The summed E-state index contributed by atoms with van der Waals surface area (Å²) in [7, 11) is -7.73. The minimum Gasteiger partial charge on any atom is -0.246 e. The molecule has 3 aromatic rings. The maximum atomic E-state index is 13.7. The summed E-state index contributed by atoms with van der Waals surface area (Å²) in [6, 6.07) is 14.1. The standard InChI is InChI=1S/C23H25ClN4O4S2/c1-2-18-7-9-20(10-8-18)33(29,30)27-15-12-19(13-16-27)28(23-11-14-25-17-26-23)34(31,32)22-6-4-3-5-21(22)24/h3-11,14,17,19H,2,12-13,15-16H2,1H3. The minimum absolute atomic E-state index is 0.0265. The first kappa shape index (κ1) is 24.6. The van der Waals surface area contributed by atoms with Crippen LogP contribution in [0.25, 0.3) is 0 Å². The van der Waals surface area contributed by atoms with Gasteiger partial charge in [-0.1, -0.05) is 42.8 Å². The number of benzene rings is 2. The van der Waals surface area contributed by atoms with Gasteiger partial charge in [0.2, 0.25) is 10.0 Å². The van der Waals surface area contributed by atoms with Gasteiger partial charge >= 0.3 is 0 Å². The number of piperidine rings is 1. The van der Waals surface area contributed by atoms with Gasteiger partial charge in [0.05, 0.1) is 9.92 Å². The first-order valence-electron chi connectivity index (χ1n) is 10.9. The van der Waals surface area contributed by atoms with Gasteiger partial charge in [-0.2, -0.15) is 4.31 Å². The predicted octanol–water partition coefficient (Wildman–Crippen LogP) is 3.74. The second kappa shape index (κ2) is 9.99. The van der Waals surface area contributed by atoms with E-state index in [2.05, 4.69) is 9.97 Å². The van der Waals surface area contributed by atoms with Crippen LogP contribution in [-0.2, 0) is 26.5 Å². The molecule has 2 heterocycles. The van der Waals surface area contributed by atoms with Crippen molar-refractivity contribution in [2.24, 2.45) is 0 Å². The van der Waals surface area contributed by atoms with Crippen LogP contribution in [0.15, 0.2) is 76.9 Å². The molecule has 8 nitrogen and oxygen atoms in total. The topological polar surface area (TPSA) is 101 Å². The Kier molecular flexibility index (Phi) is 7.22. The molecule has 0 atom stereocenters. The lowest BCUT2D eigenvalue weighted by molar-refractivity contribution is 0.320. The molecule has 34 heavy (non-hydrogen) atoms. The third-order valence-corrected chi connectivity index (χ3v) is 10.2. The number of sulfonamides is 2. The summed E-state index contributed by atoms with van der Waals surface area (Å²) in [5.74, 6) is 0.214. The highest BCUT2D eigenvalue weighted by atomic mass is 35.5. The first-order chi connectivity index (χ1) is 16.2. The zero-order valence-corrected chi connectivity index (χ0v) is 21.0. The van der Waals surface area contributed by atoms with Crippen LogP contribution in [0.3, 0.4) is 0 Å². The van der Waals surface area contributed by atoms with E-state index >= 15 is 0 Å². The molecule has 0 N–H and O–H groups in total. The third-order valence-electron chi connectivity index (χ3n) is 5.89. The lowest BCUT2D eigenvalue weighted by Crippen LogP contribution is -2.49. The number of aromatic nitrogens is 2. The fraction of sp³-hybridized carbons (Fsp3) is 0.304. The molecular formula is C23H25ClN4O4S2. The number of hydrogen-bond acceptors (Lipinski definition) is 6. The van der Waals surface area contributed by atoms with Gasteiger partial charge in [0, 0.05) is 31.4 Å². The van der Waals surface area contributed by atoms with E-state index in [0.717, 1.165) is 12.0 Å². The molecule has 0 amide bonds. The maximum absolute atomic E-state index is 13.7. The van der Waals surface area contributed by atoms with E-state index in [1.165, 1.54) is 39.3 Å². The summed E-state index contributed by atoms with van der Waals surface area (Å²) >= 11 is 6.23. The lowest BCUT2D eigenvalue weighted by atomic mass is 10.1. The quantitative estimate of drug-likeness (QED) is 0.470. The van der Waals surface area contributed by atoms with Crippen molar-refractivity contribution < 1.29 is 16.8 Å². The molecular weight excluding hydrogens is 496 g/mol. The van der Waals surface area contributed by atoms with Crippen molar-refractivity contribution in [3.63, 3.8) is 0 Å². The molecule has 1 fully saturated rings. The molecule has 4 rings (SSSR count).